The molecule has 37 heavy (non-hydrogen) atoms. The number of aryl methyl sites for hydroxylation is 1. The molecule has 13 heteroatoms. The monoisotopic (exact) mass is 534 g/mol. The van der Waals surface area contributed by atoms with Gasteiger partial charge < -0.3 is 28.8 Å². The highest BCUT2D eigenvalue weighted by atomic mass is 31.2. The van der Waals surface area contributed by atoms with E-state index in [9.17, 15) is 14.6 Å². The number of esters is 1. The molecule has 0 fully saturated rings. The van der Waals surface area contributed by atoms with Gasteiger partial charge >= 0.3 is 5.97 Å². The van der Waals surface area contributed by atoms with Crippen molar-refractivity contribution in [3.63, 3.8) is 0 Å². The van der Waals surface area contributed by atoms with E-state index in [4.69, 9.17) is 14.0 Å². The van der Waals surface area contributed by atoms with Crippen molar-refractivity contribution >= 4 is 30.5 Å². The molecule has 0 saturated carbocycles. The minimum atomic E-state index is -3.64. The Balaban J connectivity index is 1.71. The zero-order valence-electron chi connectivity index (χ0n) is 22.0. The molecular weight excluding hydrogens is 499 g/mol. The lowest BCUT2D eigenvalue weighted by atomic mass is 10.1. The molecule has 4 atom stereocenters. The van der Waals surface area contributed by atoms with Gasteiger partial charge in [0.25, 0.3) is 13.3 Å². The maximum absolute atomic E-state index is 13.8. The van der Waals surface area contributed by atoms with Crippen molar-refractivity contribution in [3.8, 4) is 0 Å². The Morgan fingerprint density at radius 3 is 2.59 bits per heavy atom. The van der Waals surface area contributed by atoms with Crippen LogP contribution in [0, 0.1) is 12.1 Å². The Morgan fingerprint density at radius 2 is 1.92 bits per heavy atom. The summed E-state index contributed by atoms with van der Waals surface area (Å²) < 4.78 is 32.6. The van der Waals surface area contributed by atoms with E-state index in [-0.39, 0.29) is 29.9 Å². The predicted molar refractivity (Wildman–Crippen MR) is 138 cm³/mol. The van der Waals surface area contributed by atoms with E-state index in [0.717, 1.165) is 11.1 Å². The second-order valence-electron chi connectivity index (χ2n) is 9.16. The van der Waals surface area contributed by atoms with E-state index < -0.39 is 25.6 Å². The third kappa shape index (κ3) is 7.88. The highest BCUT2D eigenvalue weighted by molar-refractivity contribution is 7.56. The number of ether oxygens (including phenoxy) is 2. The average molecular weight is 535 g/mol. The summed E-state index contributed by atoms with van der Waals surface area (Å²) in [4.78, 5) is 24.9. The van der Waals surface area contributed by atoms with Gasteiger partial charge in [-0.1, -0.05) is 24.3 Å². The molecule has 202 valence electrons. The summed E-state index contributed by atoms with van der Waals surface area (Å²) in [5.74, 6) is -0.286. The first-order valence-corrected chi connectivity index (χ1v) is 13.8. The first kappa shape index (κ1) is 28.8. The standard InChI is InChI=1S/C24H35N6O6P/c1-16(2)36-24(31)19(5)28-37(33,35-12-20-10-8-7-9-17(20)3)15-34-18(4)11-30-14-27-21-22(29(6)32)25-13-26-23(21)30/h7-10,13-14,16,18-19,29H,11-12,15H2,1-6H3,(H,28,33)/t18-,19-,37-/m1/s1. The highest BCUT2D eigenvalue weighted by Gasteiger charge is 2.31. The lowest BCUT2D eigenvalue weighted by Crippen LogP contribution is -2.98. The molecule has 2 heterocycles. The van der Waals surface area contributed by atoms with Crippen LogP contribution in [0.5, 0.6) is 0 Å². The van der Waals surface area contributed by atoms with E-state index in [1.54, 1.807) is 38.6 Å². The third-order valence-electron chi connectivity index (χ3n) is 5.50. The average Bonchev–Trinajstić information content (AvgIpc) is 3.24. The fourth-order valence-corrected chi connectivity index (χ4v) is 5.28. The molecule has 0 saturated heterocycles. The number of benzene rings is 1. The summed E-state index contributed by atoms with van der Waals surface area (Å²) >= 11 is 0. The van der Waals surface area contributed by atoms with E-state index >= 15 is 0 Å². The number of quaternary nitrogens is 1. The van der Waals surface area contributed by atoms with Crippen LogP contribution >= 0.6 is 7.52 Å². The highest BCUT2D eigenvalue weighted by Crippen LogP contribution is 2.44. The number of hydrogen-bond acceptors (Lipinski definition) is 9. The molecule has 2 N–H and O–H groups in total. The molecule has 1 aromatic carbocycles. The number of carbonyl (C=O) groups is 1. The Bertz CT molecular complexity index is 1250. The van der Waals surface area contributed by atoms with Gasteiger partial charge in [-0.2, -0.15) is 4.98 Å². The zero-order valence-corrected chi connectivity index (χ0v) is 22.9. The van der Waals surface area contributed by atoms with Gasteiger partial charge in [0.1, 0.15) is 18.7 Å². The third-order valence-corrected chi connectivity index (χ3v) is 7.32. The smallest absolute Gasteiger partial charge is 0.323 e. The van der Waals surface area contributed by atoms with Crippen LogP contribution in [0.3, 0.4) is 0 Å². The van der Waals surface area contributed by atoms with Gasteiger partial charge in [-0.25, -0.2) is 15.1 Å². The molecule has 0 radical (unpaired) electrons. The molecule has 0 aliphatic heterocycles. The fourth-order valence-electron chi connectivity index (χ4n) is 3.57. The van der Waals surface area contributed by atoms with Crippen LogP contribution in [0.15, 0.2) is 36.9 Å². The van der Waals surface area contributed by atoms with Gasteiger partial charge in [0.05, 0.1) is 38.7 Å². The summed E-state index contributed by atoms with van der Waals surface area (Å²) in [6, 6.07) is 6.75. The van der Waals surface area contributed by atoms with Crippen molar-refractivity contribution < 1.29 is 28.4 Å². The van der Waals surface area contributed by atoms with Crippen LogP contribution in [0.2, 0.25) is 0 Å². The number of hydrogen-bond donors (Lipinski definition) is 2. The minimum Gasteiger partial charge on any atom is -0.628 e. The van der Waals surface area contributed by atoms with Gasteiger partial charge in [0, 0.05) is 0 Å². The number of carbonyl (C=O) groups excluding carboxylic acids is 1. The molecule has 3 aromatic rings. The van der Waals surface area contributed by atoms with Gasteiger partial charge in [0.15, 0.2) is 11.2 Å². The topological polar surface area (TPSA) is 145 Å². The summed E-state index contributed by atoms with van der Waals surface area (Å²) in [6.07, 6.45) is 1.86. The summed E-state index contributed by atoms with van der Waals surface area (Å²) in [7, 11) is -2.22. The second kappa shape index (κ2) is 12.7. The van der Waals surface area contributed by atoms with Crippen molar-refractivity contribution in [3.05, 3.63) is 53.3 Å². The molecule has 12 nitrogen and oxygen atoms in total. The van der Waals surface area contributed by atoms with Gasteiger partial charge in [-0.05, 0) is 45.7 Å². The number of rotatable bonds is 13. The van der Waals surface area contributed by atoms with Crippen LogP contribution in [0.4, 0.5) is 5.82 Å². The van der Waals surface area contributed by atoms with Crippen LogP contribution < -0.4 is 10.2 Å². The van der Waals surface area contributed by atoms with Crippen LogP contribution in [0.25, 0.3) is 11.2 Å². The lowest BCUT2D eigenvalue weighted by molar-refractivity contribution is -0.753. The summed E-state index contributed by atoms with van der Waals surface area (Å²) in [5.41, 5.74) is 2.78. The Kier molecular flexibility index (Phi) is 9.88. The second-order valence-corrected chi connectivity index (χ2v) is 11.3. The molecule has 0 bridgehead atoms. The van der Waals surface area contributed by atoms with E-state index in [0.29, 0.717) is 17.7 Å². The molecule has 2 aromatic heterocycles. The van der Waals surface area contributed by atoms with Crippen molar-refractivity contribution in [1.82, 2.24) is 24.6 Å². The van der Waals surface area contributed by atoms with Gasteiger partial charge in [0.2, 0.25) is 0 Å². The van der Waals surface area contributed by atoms with Gasteiger partial charge in [-0.15, -0.1) is 0 Å². The number of nitrogens with zero attached hydrogens (tertiary/aromatic N) is 4. The van der Waals surface area contributed by atoms with Crippen LogP contribution in [-0.4, -0.2) is 57.1 Å². The number of hydroxylamine groups is 1. The number of fused-ring (bicyclic) bond motifs is 1. The van der Waals surface area contributed by atoms with E-state index in [1.165, 1.54) is 13.4 Å². The molecule has 3 rings (SSSR count). The van der Waals surface area contributed by atoms with Gasteiger partial charge in [-0.3, -0.25) is 9.36 Å². The SMILES string of the molecule is Cc1ccccc1CO[P@](=O)(CO[C@H](C)Cn1cnc2c([NH+](C)[O-])ncnc21)N[C@H](C)C(=O)OC(C)C. The van der Waals surface area contributed by atoms with Crippen LogP contribution in [-0.2, 0) is 36.5 Å². The van der Waals surface area contributed by atoms with E-state index in [2.05, 4.69) is 20.0 Å². The summed E-state index contributed by atoms with van der Waals surface area (Å²) in [6.45, 7) is 9.21. The minimum absolute atomic E-state index is 0.0809. The van der Waals surface area contributed by atoms with E-state index in [1.807, 2.05) is 31.2 Å². The molecule has 0 aliphatic rings. The number of aromatic nitrogens is 4. The lowest BCUT2D eigenvalue weighted by Gasteiger charge is -2.25. The largest absolute Gasteiger partial charge is 0.628 e. The first-order chi connectivity index (χ1) is 17.5. The molecule has 0 aliphatic carbocycles. The number of nitrogens with one attached hydrogen (secondary N) is 2. The first-order valence-electron chi connectivity index (χ1n) is 12.0. The Hall–Kier alpha value is -2.73. The Labute approximate surface area is 216 Å². The maximum atomic E-state index is 13.8. The molecular formula is C24H35N6O6P. The molecule has 0 spiro atoms. The normalized spacial score (nSPS) is 15.9. The zero-order chi connectivity index (χ0) is 27.2. The predicted octanol–water partition coefficient (Wildman–Crippen LogP) is 2.48. The van der Waals surface area contributed by atoms with Crippen molar-refractivity contribution in [1.29, 1.82) is 0 Å². The van der Waals surface area contributed by atoms with Crippen LogP contribution in [0.1, 0.15) is 38.8 Å². The number of imidazole rings is 1. The Morgan fingerprint density at radius 1 is 1.19 bits per heavy atom. The molecule has 1 unspecified atom stereocenters. The van der Waals surface area contributed by atoms with Crippen molar-refractivity contribution in [2.45, 2.75) is 66.0 Å². The molecule has 0 amide bonds. The summed E-state index contributed by atoms with van der Waals surface area (Å²) in [5, 5.41) is 14.4. The van der Waals surface area contributed by atoms with Crippen molar-refractivity contribution in [2.24, 2.45) is 0 Å². The van der Waals surface area contributed by atoms with Crippen molar-refractivity contribution in [2.75, 3.05) is 13.4 Å². The quantitative estimate of drug-likeness (QED) is 0.191. The maximum Gasteiger partial charge on any atom is 0.323 e. The fraction of sp³-hybridized carbons (Fsp3) is 0.500.